The molecule has 0 aliphatic carbocycles. The largest absolute Gasteiger partial charge is 0.325 e. The quantitative estimate of drug-likeness (QED) is 0.846. The first-order valence-corrected chi connectivity index (χ1v) is 6.95. The summed E-state index contributed by atoms with van der Waals surface area (Å²) in [5.41, 5.74) is 6.91. The molecule has 1 aliphatic heterocycles. The molecule has 4 heteroatoms. The number of aryl methyl sites for hydroxylation is 1. The number of thioether (sulfide) groups is 1. The Labute approximate surface area is 93.3 Å². The van der Waals surface area contributed by atoms with Crippen LogP contribution in [0.25, 0.3) is 0 Å². The van der Waals surface area contributed by atoms with E-state index in [-0.39, 0.29) is 0 Å². The fourth-order valence-electron chi connectivity index (χ4n) is 1.81. The molecular formula is C10H16N2S2. The maximum absolute atomic E-state index is 5.60. The molecule has 2 N–H and O–H groups in total. The van der Waals surface area contributed by atoms with E-state index in [0.29, 0.717) is 11.8 Å². The minimum atomic E-state index is 0.586. The molecule has 1 saturated heterocycles. The van der Waals surface area contributed by atoms with Crippen molar-refractivity contribution in [2.45, 2.75) is 38.0 Å². The Morgan fingerprint density at radius 3 is 2.93 bits per heavy atom. The highest BCUT2D eigenvalue weighted by molar-refractivity contribution is 7.99. The van der Waals surface area contributed by atoms with E-state index in [1.807, 2.05) is 0 Å². The van der Waals surface area contributed by atoms with E-state index in [1.54, 1.807) is 11.3 Å². The minimum Gasteiger partial charge on any atom is -0.325 e. The van der Waals surface area contributed by atoms with Crippen LogP contribution >= 0.6 is 23.1 Å². The number of hydrogen-bond acceptors (Lipinski definition) is 4. The predicted octanol–water partition coefficient (Wildman–Crippen LogP) is 2.87. The first kappa shape index (κ1) is 10.5. The molecule has 1 unspecified atom stereocenters. The zero-order valence-electron chi connectivity index (χ0n) is 8.45. The molecule has 1 atom stereocenters. The maximum atomic E-state index is 5.60. The summed E-state index contributed by atoms with van der Waals surface area (Å²) in [6.07, 6.45) is 4.01. The molecule has 2 heterocycles. The maximum Gasteiger partial charge on any atom is 0.107 e. The van der Waals surface area contributed by atoms with Crippen LogP contribution in [-0.4, -0.2) is 10.7 Å². The standard InChI is InChI=1S/C10H16N2S2/c1-7-10(12-9(6-11)14-7)8-4-2-3-5-13-8/h8H,2-6,11H2,1H3. The van der Waals surface area contributed by atoms with Gasteiger partial charge in [0.05, 0.1) is 5.69 Å². The highest BCUT2D eigenvalue weighted by atomic mass is 32.2. The molecule has 0 amide bonds. The molecule has 2 nitrogen and oxygen atoms in total. The van der Waals surface area contributed by atoms with E-state index < -0.39 is 0 Å². The molecule has 78 valence electrons. The summed E-state index contributed by atoms with van der Waals surface area (Å²) in [6, 6.07) is 0. The lowest BCUT2D eigenvalue weighted by Gasteiger charge is -2.19. The highest BCUT2D eigenvalue weighted by Crippen LogP contribution is 2.40. The SMILES string of the molecule is Cc1sc(CN)nc1C1CCCCS1. The van der Waals surface area contributed by atoms with Crippen LogP contribution in [0.4, 0.5) is 0 Å². The van der Waals surface area contributed by atoms with E-state index >= 15 is 0 Å². The van der Waals surface area contributed by atoms with Crippen molar-refractivity contribution < 1.29 is 0 Å². The summed E-state index contributed by atoms with van der Waals surface area (Å²) >= 11 is 3.82. The van der Waals surface area contributed by atoms with Gasteiger partial charge in [-0.15, -0.1) is 11.3 Å². The van der Waals surface area contributed by atoms with Crippen LogP contribution in [0.2, 0.25) is 0 Å². The smallest absolute Gasteiger partial charge is 0.107 e. The fourth-order valence-corrected chi connectivity index (χ4v) is 4.13. The van der Waals surface area contributed by atoms with Crippen LogP contribution in [0.1, 0.15) is 40.1 Å². The minimum absolute atomic E-state index is 0.586. The van der Waals surface area contributed by atoms with Gasteiger partial charge < -0.3 is 5.73 Å². The topological polar surface area (TPSA) is 38.9 Å². The average Bonchev–Trinajstić information content (AvgIpc) is 2.61. The number of nitrogens with two attached hydrogens (primary N) is 1. The molecule has 0 bridgehead atoms. The summed E-state index contributed by atoms with van der Waals surface area (Å²) in [4.78, 5) is 5.99. The second kappa shape index (κ2) is 4.64. The van der Waals surface area contributed by atoms with E-state index in [1.165, 1.54) is 35.6 Å². The number of nitrogens with zero attached hydrogens (tertiary/aromatic N) is 1. The number of hydrogen-bond donors (Lipinski definition) is 1. The van der Waals surface area contributed by atoms with Crippen molar-refractivity contribution in [2.75, 3.05) is 5.75 Å². The molecule has 2 rings (SSSR count). The third-order valence-electron chi connectivity index (χ3n) is 2.54. The molecule has 1 fully saturated rings. The second-order valence-electron chi connectivity index (χ2n) is 3.61. The van der Waals surface area contributed by atoms with Crippen LogP contribution in [0.3, 0.4) is 0 Å². The average molecular weight is 228 g/mol. The van der Waals surface area contributed by atoms with Gasteiger partial charge in [-0.05, 0) is 25.5 Å². The van der Waals surface area contributed by atoms with Gasteiger partial charge in [0.1, 0.15) is 5.01 Å². The second-order valence-corrected chi connectivity index (χ2v) is 6.21. The molecule has 1 aromatic heterocycles. The van der Waals surface area contributed by atoms with Gasteiger partial charge in [-0.3, -0.25) is 0 Å². The third-order valence-corrected chi connectivity index (χ3v) is 4.93. The Kier molecular flexibility index (Phi) is 3.47. The van der Waals surface area contributed by atoms with Gasteiger partial charge in [0.2, 0.25) is 0 Å². The van der Waals surface area contributed by atoms with E-state index in [9.17, 15) is 0 Å². The number of thiazole rings is 1. The monoisotopic (exact) mass is 228 g/mol. The fraction of sp³-hybridized carbons (Fsp3) is 0.700. The Balaban J connectivity index is 2.17. The first-order chi connectivity index (χ1) is 6.81. The Bertz CT molecular complexity index is 303. The van der Waals surface area contributed by atoms with Gasteiger partial charge in [0.15, 0.2) is 0 Å². The van der Waals surface area contributed by atoms with Crippen LogP contribution < -0.4 is 5.73 Å². The van der Waals surface area contributed by atoms with Crippen LogP contribution in [0.5, 0.6) is 0 Å². The van der Waals surface area contributed by atoms with Gasteiger partial charge in [-0.1, -0.05) is 6.42 Å². The van der Waals surface area contributed by atoms with Crippen molar-refractivity contribution in [3.8, 4) is 0 Å². The predicted molar refractivity (Wildman–Crippen MR) is 63.8 cm³/mol. The van der Waals surface area contributed by atoms with Crippen LogP contribution in [0.15, 0.2) is 0 Å². The summed E-state index contributed by atoms with van der Waals surface area (Å²) in [6.45, 7) is 2.75. The summed E-state index contributed by atoms with van der Waals surface area (Å²) in [5.74, 6) is 1.29. The number of aromatic nitrogens is 1. The van der Waals surface area contributed by atoms with E-state index in [2.05, 4.69) is 23.7 Å². The lowest BCUT2D eigenvalue weighted by atomic mass is 10.1. The zero-order chi connectivity index (χ0) is 9.97. The van der Waals surface area contributed by atoms with Gasteiger partial charge in [-0.2, -0.15) is 11.8 Å². The third kappa shape index (κ3) is 2.12. The molecular weight excluding hydrogens is 212 g/mol. The normalized spacial score (nSPS) is 22.6. The van der Waals surface area contributed by atoms with Crippen molar-refractivity contribution in [1.29, 1.82) is 0 Å². The number of rotatable bonds is 2. The first-order valence-electron chi connectivity index (χ1n) is 5.09. The Hall–Kier alpha value is -0.0600. The highest BCUT2D eigenvalue weighted by Gasteiger charge is 2.20. The molecule has 0 saturated carbocycles. The molecule has 14 heavy (non-hydrogen) atoms. The molecule has 0 spiro atoms. The van der Waals surface area contributed by atoms with Crippen molar-refractivity contribution in [1.82, 2.24) is 4.98 Å². The molecule has 1 aliphatic rings. The zero-order valence-corrected chi connectivity index (χ0v) is 10.1. The lowest BCUT2D eigenvalue weighted by molar-refractivity contribution is 0.674. The van der Waals surface area contributed by atoms with Crippen LogP contribution in [-0.2, 0) is 6.54 Å². The summed E-state index contributed by atoms with van der Waals surface area (Å²) in [5, 5.41) is 1.73. The molecule has 0 radical (unpaired) electrons. The van der Waals surface area contributed by atoms with Gasteiger partial charge in [0.25, 0.3) is 0 Å². The van der Waals surface area contributed by atoms with Gasteiger partial charge >= 0.3 is 0 Å². The molecule has 1 aromatic rings. The Morgan fingerprint density at radius 2 is 2.36 bits per heavy atom. The summed E-state index contributed by atoms with van der Waals surface area (Å²) < 4.78 is 0. The molecule has 0 aromatic carbocycles. The van der Waals surface area contributed by atoms with Crippen LogP contribution in [0, 0.1) is 6.92 Å². The van der Waals surface area contributed by atoms with Gasteiger partial charge in [0, 0.05) is 16.7 Å². The van der Waals surface area contributed by atoms with Crippen molar-refractivity contribution in [3.63, 3.8) is 0 Å². The van der Waals surface area contributed by atoms with Gasteiger partial charge in [-0.25, -0.2) is 4.98 Å². The van der Waals surface area contributed by atoms with Crippen molar-refractivity contribution in [2.24, 2.45) is 5.73 Å². The summed E-state index contributed by atoms with van der Waals surface area (Å²) in [7, 11) is 0. The van der Waals surface area contributed by atoms with Crippen molar-refractivity contribution >= 4 is 23.1 Å². The lowest BCUT2D eigenvalue weighted by Crippen LogP contribution is -2.04. The Morgan fingerprint density at radius 1 is 1.50 bits per heavy atom. The van der Waals surface area contributed by atoms with E-state index in [0.717, 1.165) is 5.01 Å². The van der Waals surface area contributed by atoms with Crippen molar-refractivity contribution in [3.05, 3.63) is 15.6 Å². The van der Waals surface area contributed by atoms with E-state index in [4.69, 9.17) is 5.73 Å².